The van der Waals surface area contributed by atoms with E-state index in [2.05, 4.69) is 20.8 Å². The van der Waals surface area contributed by atoms with Gasteiger partial charge < -0.3 is 15.2 Å². The SMILES string of the molecule is CN=C(NCc1c(C)noc1C)NCC1CCN(S(=O)(=O)C(F)F)CC1.I. The van der Waals surface area contributed by atoms with E-state index >= 15 is 0 Å². The van der Waals surface area contributed by atoms with Crippen molar-refractivity contribution in [3.63, 3.8) is 0 Å². The van der Waals surface area contributed by atoms with Crippen molar-refractivity contribution >= 4 is 40.0 Å². The summed E-state index contributed by atoms with van der Waals surface area (Å²) >= 11 is 0. The molecular weight excluding hydrogens is 495 g/mol. The Morgan fingerprint density at radius 2 is 1.96 bits per heavy atom. The first-order valence-corrected chi connectivity index (χ1v) is 9.89. The van der Waals surface area contributed by atoms with Crippen molar-refractivity contribution in [1.82, 2.24) is 20.1 Å². The molecule has 12 heteroatoms. The van der Waals surface area contributed by atoms with Gasteiger partial charge in [0.2, 0.25) is 0 Å². The van der Waals surface area contributed by atoms with Gasteiger partial charge in [0.05, 0.1) is 5.69 Å². The van der Waals surface area contributed by atoms with Crippen LogP contribution in [0.5, 0.6) is 0 Å². The van der Waals surface area contributed by atoms with Gasteiger partial charge in [-0.3, -0.25) is 4.99 Å². The Bertz CT molecular complexity index is 714. The van der Waals surface area contributed by atoms with Crippen molar-refractivity contribution in [2.75, 3.05) is 26.7 Å². The smallest absolute Gasteiger partial charge is 0.350 e. The minimum absolute atomic E-state index is 0. The first kappa shape index (κ1) is 24.0. The molecule has 1 saturated heterocycles. The van der Waals surface area contributed by atoms with Gasteiger partial charge in [0.1, 0.15) is 5.76 Å². The number of hydrogen-bond donors (Lipinski definition) is 2. The first-order chi connectivity index (χ1) is 12.3. The number of halogens is 3. The highest BCUT2D eigenvalue weighted by Gasteiger charge is 2.34. The molecule has 2 N–H and O–H groups in total. The van der Waals surface area contributed by atoms with Crippen LogP contribution in [0.3, 0.4) is 0 Å². The summed E-state index contributed by atoms with van der Waals surface area (Å²) in [4.78, 5) is 4.15. The topological polar surface area (TPSA) is 99.8 Å². The Hall–Kier alpha value is -1.02. The average molecular weight is 521 g/mol. The lowest BCUT2D eigenvalue weighted by molar-refractivity contribution is 0.204. The van der Waals surface area contributed by atoms with Crippen LogP contribution < -0.4 is 10.6 Å². The normalized spacial score (nSPS) is 17.0. The van der Waals surface area contributed by atoms with Crippen molar-refractivity contribution in [3.05, 3.63) is 17.0 Å². The molecule has 1 fully saturated rings. The highest BCUT2D eigenvalue weighted by atomic mass is 127. The molecule has 0 saturated carbocycles. The fourth-order valence-corrected chi connectivity index (χ4v) is 3.81. The summed E-state index contributed by atoms with van der Waals surface area (Å²) in [6.07, 6.45) is 1.06. The molecule has 1 aromatic heterocycles. The van der Waals surface area contributed by atoms with Crippen LogP contribution in [-0.4, -0.2) is 56.3 Å². The van der Waals surface area contributed by atoms with E-state index in [-0.39, 0.29) is 43.0 Å². The summed E-state index contributed by atoms with van der Waals surface area (Å²) in [5, 5.41) is 10.3. The molecule has 27 heavy (non-hydrogen) atoms. The predicted molar refractivity (Wildman–Crippen MR) is 109 cm³/mol. The zero-order valence-corrected chi connectivity index (χ0v) is 18.7. The molecule has 0 aliphatic carbocycles. The summed E-state index contributed by atoms with van der Waals surface area (Å²) in [6.45, 7) is 5.05. The van der Waals surface area contributed by atoms with Gasteiger partial charge in [-0.15, -0.1) is 24.0 Å². The highest BCUT2D eigenvalue weighted by molar-refractivity contribution is 14.0. The molecule has 0 aromatic carbocycles. The number of nitrogens with zero attached hydrogens (tertiary/aromatic N) is 3. The summed E-state index contributed by atoms with van der Waals surface area (Å²) < 4.78 is 54.1. The maximum atomic E-state index is 12.6. The van der Waals surface area contributed by atoms with Crippen LogP contribution in [0.4, 0.5) is 8.78 Å². The van der Waals surface area contributed by atoms with E-state index in [0.717, 1.165) is 21.3 Å². The Labute approximate surface area is 175 Å². The van der Waals surface area contributed by atoms with Gasteiger partial charge in [0, 0.05) is 38.8 Å². The van der Waals surface area contributed by atoms with Gasteiger partial charge in [-0.05, 0) is 32.6 Å². The summed E-state index contributed by atoms with van der Waals surface area (Å²) in [7, 11) is -2.82. The molecule has 1 aliphatic rings. The Balaban J connectivity index is 0.00000364. The molecule has 0 unspecified atom stereocenters. The van der Waals surface area contributed by atoms with Crippen molar-refractivity contribution in [3.8, 4) is 0 Å². The fraction of sp³-hybridized carbons (Fsp3) is 0.733. The molecule has 0 amide bonds. The largest absolute Gasteiger partial charge is 0.361 e. The van der Waals surface area contributed by atoms with Crippen LogP contribution in [0.2, 0.25) is 0 Å². The summed E-state index contributed by atoms with van der Waals surface area (Å²) in [5.41, 5.74) is 1.79. The van der Waals surface area contributed by atoms with Crippen LogP contribution >= 0.6 is 24.0 Å². The highest BCUT2D eigenvalue weighted by Crippen LogP contribution is 2.22. The van der Waals surface area contributed by atoms with E-state index in [9.17, 15) is 17.2 Å². The van der Waals surface area contributed by atoms with Crippen molar-refractivity contribution in [2.45, 2.75) is 39.0 Å². The predicted octanol–water partition coefficient (Wildman–Crippen LogP) is 1.84. The summed E-state index contributed by atoms with van der Waals surface area (Å²) in [6, 6.07) is 0. The Kier molecular flexibility index (Phi) is 9.34. The van der Waals surface area contributed by atoms with Crippen LogP contribution in [0.25, 0.3) is 0 Å². The van der Waals surface area contributed by atoms with E-state index in [1.165, 1.54) is 0 Å². The number of guanidine groups is 1. The van der Waals surface area contributed by atoms with Crippen molar-refractivity contribution in [1.29, 1.82) is 0 Å². The second kappa shape index (κ2) is 10.5. The summed E-state index contributed by atoms with van der Waals surface area (Å²) in [5.74, 6) is -1.81. The maximum absolute atomic E-state index is 12.6. The second-order valence-corrected chi connectivity index (χ2v) is 8.16. The molecule has 8 nitrogen and oxygen atoms in total. The fourth-order valence-electron chi connectivity index (χ4n) is 2.87. The van der Waals surface area contributed by atoms with Gasteiger partial charge in [-0.1, -0.05) is 5.16 Å². The minimum Gasteiger partial charge on any atom is -0.361 e. The van der Waals surface area contributed by atoms with Crippen LogP contribution in [0, 0.1) is 19.8 Å². The van der Waals surface area contributed by atoms with Crippen molar-refractivity contribution in [2.24, 2.45) is 10.9 Å². The van der Waals surface area contributed by atoms with Crippen LogP contribution in [-0.2, 0) is 16.6 Å². The number of nitrogens with one attached hydrogen (secondary N) is 2. The van der Waals surface area contributed by atoms with Gasteiger partial charge in [0.15, 0.2) is 5.96 Å². The molecule has 2 heterocycles. The number of aliphatic imine (C=N–C) groups is 1. The average Bonchev–Trinajstić information content (AvgIpc) is 2.93. The molecule has 1 aliphatic heterocycles. The third-order valence-corrected chi connectivity index (χ3v) is 6.09. The molecular formula is C15H26F2IN5O3S. The van der Waals surface area contributed by atoms with Gasteiger partial charge in [-0.2, -0.15) is 13.1 Å². The molecule has 0 spiro atoms. The Morgan fingerprint density at radius 1 is 1.33 bits per heavy atom. The zero-order chi connectivity index (χ0) is 19.3. The molecule has 1 aromatic rings. The van der Waals surface area contributed by atoms with Crippen LogP contribution in [0.1, 0.15) is 29.9 Å². The number of hydrogen-bond acceptors (Lipinski definition) is 5. The van der Waals surface area contributed by atoms with E-state index < -0.39 is 15.8 Å². The van der Waals surface area contributed by atoms with Gasteiger partial charge in [0.25, 0.3) is 10.0 Å². The molecule has 0 radical (unpaired) electrons. The third kappa shape index (κ3) is 6.24. The van der Waals surface area contributed by atoms with Gasteiger partial charge in [-0.25, -0.2) is 8.42 Å². The molecule has 2 rings (SSSR count). The molecule has 0 atom stereocenters. The van der Waals surface area contributed by atoms with Crippen molar-refractivity contribution < 1.29 is 21.7 Å². The van der Waals surface area contributed by atoms with E-state index in [1.54, 1.807) is 7.05 Å². The van der Waals surface area contributed by atoms with Crippen LogP contribution in [0.15, 0.2) is 9.52 Å². The maximum Gasteiger partial charge on any atom is 0.350 e. The lowest BCUT2D eigenvalue weighted by atomic mass is 9.98. The Morgan fingerprint density at radius 3 is 2.44 bits per heavy atom. The number of rotatable bonds is 6. The molecule has 0 bridgehead atoms. The number of aromatic nitrogens is 1. The standard InChI is InChI=1S/C15H25F2N5O3S.HI/c1-10-13(11(2)25-21-10)9-20-15(18-3)19-8-12-4-6-22(7-5-12)26(23,24)14(16)17;/h12,14H,4-9H2,1-3H3,(H2,18,19,20);1H. The van der Waals surface area contributed by atoms with E-state index in [1.807, 2.05) is 13.8 Å². The quantitative estimate of drug-likeness (QED) is 0.337. The number of aryl methyl sites for hydroxylation is 2. The van der Waals surface area contributed by atoms with Gasteiger partial charge >= 0.3 is 5.76 Å². The van der Waals surface area contributed by atoms with E-state index in [0.29, 0.717) is 31.9 Å². The molecule has 156 valence electrons. The second-order valence-electron chi connectivity index (χ2n) is 6.26. The lowest BCUT2D eigenvalue weighted by Gasteiger charge is -2.31. The minimum atomic E-state index is -4.47. The number of alkyl halides is 2. The number of sulfonamides is 1. The first-order valence-electron chi connectivity index (χ1n) is 8.39. The monoisotopic (exact) mass is 521 g/mol. The van der Waals surface area contributed by atoms with E-state index in [4.69, 9.17) is 4.52 Å². The zero-order valence-electron chi connectivity index (χ0n) is 15.5. The lowest BCUT2D eigenvalue weighted by Crippen LogP contribution is -2.45. The number of piperidine rings is 1. The third-order valence-electron chi connectivity index (χ3n) is 4.55.